The fraction of sp³-hybridized carbons (Fsp3) is 0.200. The van der Waals surface area contributed by atoms with E-state index in [9.17, 15) is 9.18 Å². The molecular weight excluding hydrogens is 367 g/mol. The van der Waals surface area contributed by atoms with Gasteiger partial charge in [0.15, 0.2) is 23.2 Å². The van der Waals surface area contributed by atoms with Gasteiger partial charge in [-0.15, -0.1) is 11.3 Å². The predicted molar refractivity (Wildman–Crippen MR) is 104 cm³/mol. The molecule has 0 saturated heterocycles. The van der Waals surface area contributed by atoms with E-state index in [1.54, 1.807) is 29.6 Å². The third-order valence-electron chi connectivity index (χ3n) is 3.56. The van der Waals surface area contributed by atoms with E-state index in [4.69, 9.17) is 9.47 Å². The zero-order valence-corrected chi connectivity index (χ0v) is 15.6. The van der Waals surface area contributed by atoms with Crippen molar-refractivity contribution in [2.45, 2.75) is 13.3 Å². The Balaban J connectivity index is 1.57. The first-order valence-corrected chi connectivity index (χ1v) is 9.39. The number of thiazole rings is 1. The van der Waals surface area contributed by atoms with Crippen molar-refractivity contribution in [3.05, 3.63) is 59.7 Å². The molecule has 7 heteroatoms. The number of aromatic nitrogens is 1. The average molecular weight is 386 g/mol. The molecule has 140 valence electrons. The summed E-state index contributed by atoms with van der Waals surface area (Å²) in [5, 5.41) is 4.96. The Labute approximate surface area is 160 Å². The molecule has 0 spiro atoms. The van der Waals surface area contributed by atoms with Crippen LogP contribution in [-0.4, -0.2) is 24.1 Å². The van der Waals surface area contributed by atoms with Crippen LogP contribution in [0, 0.1) is 5.82 Å². The summed E-state index contributed by atoms with van der Waals surface area (Å²) in [5.41, 5.74) is 1.46. The number of halogens is 1. The molecule has 0 bridgehead atoms. The van der Waals surface area contributed by atoms with Gasteiger partial charge in [-0.2, -0.15) is 0 Å². The van der Waals surface area contributed by atoms with E-state index in [0.717, 1.165) is 12.0 Å². The van der Waals surface area contributed by atoms with Gasteiger partial charge in [-0.05, 0) is 42.8 Å². The van der Waals surface area contributed by atoms with Crippen LogP contribution in [0.4, 0.5) is 9.52 Å². The van der Waals surface area contributed by atoms with E-state index in [-0.39, 0.29) is 18.3 Å². The normalized spacial score (nSPS) is 10.4. The first-order chi connectivity index (χ1) is 13.2. The van der Waals surface area contributed by atoms with Gasteiger partial charge in [0.25, 0.3) is 5.91 Å². The van der Waals surface area contributed by atoms with E-state index < -0.39 is 0 Å². The van der Waals surface area contributed by atoms with E-state index in [1.807, 2.05) is 19.1 Å². The molecule has 5 nitrogen and oxygen atoms in total. The van der Waals surface area contributed by atoms with Crippen molar-refractivity contribution >= 4 is 22.4 Å². The molecule has 2 aromatic carbocycles. The minimum absolute atomic E-state index is 0.155. The highest BCUT2D eigenvalue weighted by Crippen LogP contribution is 2.27. The molecule has 0 unspecified atom stereocenters. The molecule has 3 rings (SSSR count). The topological polar surface area (TPSA) is 60.5 Å². The average Bonchev–Trinajstić information content (AvgIpc) is 3.14. The molecule has 0 saturated carbocycles. The lowest BCUT2D eigenvalue weighted by Crippen LogP contribution is -2.20. The smallest absolute Gasteiger partial charge is 0.264 e. The lowest BCUT2D eigenvalue weighted by molar-refractivity contribution is -0.118. The van der Waals surface area contributed by atoms with Crippen LogP contribution in [0.1, 0.15) is 13.3 Å². The maximum absolute atomic E-state index is 13.0. The number of nitrogens with zero attached hydrogens (tertiary/aromatic N) is 1. The fourth-order valence-electron chi connectivity index (χ4n) is 2.28. The van der Waals surface area contributed by atoms with Crippen molar-refractivity contribution in [2.24, 2.45) is 0 Å². The molecule has 0 aliphatic heterocycles. The molecule has 3 aromatic rings. The van der Waals surface area contributed by atoms with Crippen LogP contribution < -0.4 is 14.8 Å². The largest absolute Gasteiger partial charge is 0.490 e. The second kappa shape index (κ2) is 9.14. The van der Waals surface area contributed by atoms with Gasteiger partial charge < -0.3 is 9.47 Å². The van der Waals surface area contributed by atoms with Crippen LogP contribution in [0.3, 0.4) is 0 Å². The Kier molecular flexibility index (Phi) is 6.38. The first kappa shape index (κ1) is 18.8. The Morgan fingerprint density at radius 1 is 1.11 bits per heavy atom. The summed E-state index contributed by atoms with van der Waals surface area (Å²) >= 11 is 1.30. The standard InChI is InChI=1S/C20H19FN2O3S/c1-2-11-25-17-5-3-4-6-18(17)26-12-19(24)23-20-22-16(13-27-20)14-7-9-15(21)10-8-14/h3-10,13H,2,11-12H2,1H3,(H,22,23,24). The number of hydrogen-bond donors (Lipinski definition) is 1. The summed E-state index contributed by atoms with van der Waals surface area (Å²) in [5.74, 6) is 0.510. The molecule has 0 aliphatic carbocycles. The molecule has 0 fully saturated rings. The summed E-state index contributed by atoms with van der Waals surface area (Å²) in [6, 6.07) is 13.3. The van der Waals surface area contributed by atoms with Gasteiger partial charge in [-0.25, -0.2) is 9.37 Å². The number of carbonyl (C=O) groups excluding carboxylic acids is 1. The van der Waals surface area contributed by atoms with E-state index in [0.29, 0.717) is 28.9 Å². The maximum Gasteiger partial charge on any atom is 0.264 e. The van der Waals surface area contributed by atoms with E-state index in [2.05, 4.69) is 10.3 Å². The monoisotopic (exact) mass is 386 g/mol. The van der Waals surface area contributed by atoms with Crippen LogP contribution >= 0.6 is 11.3 Å². The Morgan fingerprint density at radius 2 is 1.81 bits per heavy atom. The second-order valence-corrected chi connectivity index (χ2v) is 6.53. The fourth-order valence-corrected chi connectivity index (χ4v) is 3.02. The number of amides is 1. The van der Waals surface area contributed by atoms with Crippen molar-refractivity contribution in [2.75, 3.05) is 18.5 Å². The highest BCUT2D eigenvalue weighted by atomic mass is 32.1. The number of benzene rings is 2. The Morgan fingerprint density at radius 3 is 2.52 bits per heavy atom. The van der Waals surface area contributed by atoms with Gasteiger partial charge in [0, 0.05) is 10.9 Å². The van der Waals surface area contributed by atoms with Crippen molar-refractivity contribution < 1.29 is 18.7 Å². The van der Waals surface area contributed by atoms with Gasteiger partial charge in [-0.3, -0.25) is 10.1 Å². The van der Waals surface area contributed by atoms with Crippen LogP contribution in [0.25, 0.3) is 11.3 Å². The molecule has 0 atom stereocenters. The van der Waals surface area contributed by atoms with Crippen molar-refractivity contribution in [3.63, 3.8) is 0 Å². The number of rotatable bonds is 8. The zero-order valence-electron chi connectivity index (χ0n) is 14.8. The van der Waals surface area contributed by atoms with Gasteiger partial charge in [0.05, 0.1) is 12.3 Å². The SMILES string of the molecule is CCCOc1ccccc1OCC(=O)Nc1nc(-c2ccc(F)cc2)cs1. The van der Waals surface area contributed by atoms with Crippen molar-refractivity contribution in [3.8, 4) is 22.8 Å². The number of ether oxygens (including phenoxy) is 2. The Hall–Kier alpha value is -2.93. The zero-order chi connectivity index (χ0) is 19.1. The van der Waals surface area contributed by atoms with E-state index >= 15 is 0 Å². The van der Waals surface area contributed by atoms with Gasteiger partial charge in [0.1, 0.15) is 5.82 Å². The van der Waals surface area contributed by atoms with Crippen LogP contribution in [0.15, 0.2) is 53.9 Å². The summed E-state index contributed by atoms with van der Waals surface area (Å²) in [7, 11) is 0. The number of nitrogens with one attached hydrogen (secondary N) is 1. The Bertz CT molecular complexity index is 896. The summed E-state index contributed by atoms with van der Waals surface area (Å²) in [4.78, 5) is 16.5. The third kappa shape index (κ3) is 5.27. The van der Waals surface area contributed by atoms with E-state index in [1.165, 1.54) is 23.5 Å². The summed E-state index contributed by atoms with van der Waals surface area (Å²) in [6.07, 6.45) is 0.884. The quantitative estimate of drug-likeness (QED) is 0.607. The molecular formula is C20H19FN2O3S. The number of para-hydroxylation sites is 2. The summed E-state index contributed by atoms with van der Waals surface area (Å²) < 4.78 is 24.2. The van der Waals surface area contributed by atoms with Crippen LogP contribution in [-0.2, 0) is 4.79 Å². The van der Waals surface area contributed by atoms with Crippen molar-refractivity contribution in [1.29, 1.82) is 0 Å². The van der Waals surface area contributed by atoms with Crippen LogP contribution in [0.2, 0.25) is 0 Å². The molecule has 0 aliphatic rings. The molecule has 1 aromatic heterocycles. The molecule has 1 N–H and O–H groups in total. The molecule has 27 heavy (non-hydrogen) atoms. The minimum atomic E-state index is -0.319. The maximum atomic E-state index is 13.0. The number of anilines is 1. The summed E-state index contributed by atoms with van der Waals surface area (Å²) in [6.45, 7) is 2.45. The highest BCUT2D eigenvalue weighted by Gasteiger charge is 2.11. The second-order valence-electron chi connectivity index (χ2n) is 5.68. The van der Waals surface area contributed by atoms with Crippen molar-refractivity contribution in [1.82, 2.24) is 4.98 Å². The third-order valence-corrected chi connectivity index (χ3v) is 4.32. The minimum Gasteiger partial charge on any atom is -0.490 e. The van der Waals surface area contributed by atoms with Gasteiger partial charge in [0.2, 0.25) is 0 Å². The lowest BCUT2D eigenvalue weighted by Gasteiger charge is -2.11. The highest BCUT2D eigenvalue weighted by molar-refractivity contribution is 7.14. The number of hydrogen-bond acceptors (Lipinski definition) is 5. The first-order valence-electron chi connectivity index (χ1n) is 8.51. The van der Waals surface area contributed by atoms with Gasteiger partial charge >= 0.3 is 0 Å². The lowest BCUT2D eigenvalue weighted by atomic mass is 10.2. The molecule has 1 amide bonds. The molecule has 1 heterocycles. The number of carbonyl (C=O) groups is 1. The van der Waals surface area contributed by atoms with Crippen LogP contribution in [0.5, 0.6) is 11.5 Å². The predicted octanol–water partition coefficient (Wildman–Crippen LogP) is 4.76. The molecule has 0 radical (unpaired) electrons. The van der Waals surface area contributed by atoms with Gasteiger partial charge in [-0.1, -0.05) is 19.1 Å².